The van der Waals surface area contributed by atoms with Crippen LogP contribution in [0.5, 0.6) is 0 Å². The normalized spacial score (nSPS) is 25.5. The molecule has 6 nitrogen and oxygen atoms in total. The van der Waals surface area contributed by atoms with Crippen LogP contribution in [0.3, 0.4) is 0 Å². The fourth-order valence-electron chi connectivity index (χ4n) is 3.16. The highest BCUT2D eigenvalue weighted by Gasteiger charge is 2.30. The van der Waals surface area contributed by atoms with Crippen molar-refractivity contribution in [3.63, 3.8) is 0 Å². The summed E-state index contributed by atoms with van der Waals surface area (Å²) in [4.78, 5) is 24.0. The summed E-state index contributed by atoms with van der Waals surface area (Å²) in [5, 5.41) is 5.63. The van der Waals surface area contributed by atoms with Crippen molar-refractivity contribution >= 4 is 27.3 Å². The van der Waals surface area contributed by atoms with Crippen LogP contribution in [-0.4, -0.2) is 37.8 Å². The molecule has 1 fully saturated rings. The van der Waals surface area contributed by atoms with Gasteiger partial charge in [0, 0.05) is 24.1 Å². The summed E-state index contributed by atoms with van der Waals surface area (Å²) in [7, 11) is -3.00. The van der Waals surface area contributed by atoms with Gasteiger partial charge in [0.1, 0.15) is 0 Å². The van der Waals surface area contributed by atoms with E-state index in [9.17, 15) is 18.0 Å². The molecule has 1 aromatic rings. The van der Waals surface area contributed by atoms with Crippen molar-refractivity contribution in [2.24, 2.45) is 5.92 Å². The molecule has 0 bridgehead atoms. The molecule has 0 saturated carbocycles. The standard InChI is InChI=1S/C16H20N2O4S/c19-15(17-13-7-8-23(21,22)10-13)6-5-12-9-11-3-1-2-4-14(11)18-16(12)20/h1-4,12-13H,5-10H2,(H,17,19)(H,18,20)/t12-,13+/m0/s1. The molecule has 1 saturated heterocycles. The first kappa shape index (κ1) is 16.0. The van der Waals surface area contributed by atoms with Crippen LogP contribution in [-0.2, 0) is 25.8 Å². The Labute approximate surface area is 135 Å². The Kier molecular flexibility index (Phi) is 4.39. The number of amides is 2. The van der Waals surface area contributed by atoms with E-state index >= 15 is 0 Å². The van der Waals surface area contributed by atoms with Crippen molar-refractivity contribution in [1.82, 2.24) is 5.32 Å². The van der Waals surface area contributed by atoms with Crippen LogP contribution >= 0.6 is 0 Å². The Balaban J connectivity index is 1.51. The van der Waals surface area contributed by atoms with Gasteiger partial charge in [0.15, 0.2) is 9.84 Å². The van der Waals surface area contributed by atoms with Crippen LogP contribution in [0.1, 0.15) is 24.8 Å². The van der Waals surface area contributed by atoms with E-state index in [1.54, 1.807) is 0 Å². The molecule has 2 heterocycles. The fraction of sp³-hybridized carbons (Fsp3) is 0.500. The number of sulfone groups is 1. The van der Waals surface area contributed by atoms with Gasteiger partial charge in [-0.05, 0) is 30.9 Å². The lowest BCUT2D eigenvalue weighted by Crippen LogP contribution is -2.36. The number of carbonyl (C=O) groups excluding carboxylic acids is 2. The molecule has 2 N–H and O–H groups in total. The lowest BCUT2D eigenvalue weighted by Gasteiger charge is -2.24. The highest BCUT2D eigenvalue weighted by atomic mass is 32.2. The van der Waals surface area contributed by atoms with Gasteiger partial charge in [-0.15, -0.1) is 0 Å². The lowest BCUT2D eigenvalue weighted by molar-refractivity contribution is -0.123. The highest BCUT2D eigenvalue weighted by Crippen LogP contribution is 2.27. The third-order valence-electron chi connectivity index (χ3n) is 4.43. The number of anilines is 1. The zero-order valence-corrected chi connectivity index (χ0v) is 13.6. The Hall–Kier alpha value is -1.89. The highest BCUT2D eigenvalue weighted by molar-refractivity contribution is 7.91. The molecule has 2 atom stereocenters. The van der Waals surface area contributed by atoms with E-state index in [2.05, 4.69) is 10.6 Å². The van der Waals surface area contributed by atoms with Crippen LogP contribution < -0.4 is 10.6 Å². The SMILES string of the molecule is O=C(CC[C@H]1Cc2ccccc2NC1=O)N[C@@H]1CCS(=O)(=O)C1. The van der Waals surface area contributed by atoms with Crippen LogP contribution in [0.15, 0.2) is 24.3 Å². The van der Waals surface area contributed by atoms with Gasteiger partial charge >= 0.3 is 0 Å². The third kappa shape index (κ3) is 3.90. The lowest BCUT2D eigenvalue weighted by atomic mass is 9.89. The van der Waals surface area contributed by atoms with Crippen LogP contribution in [0.4, 0.5) is 5.69 Å². The maximum absolute atomic E-state index is 12.1. The molecule has 1 aromatic carbocycles. The van der Waals surface area contributed by atoms with Crippen molar-refractivity contribution in [1.29, 1.82) is 0 Å². The molecule has 2 amide bonds. The maximum atomic E-state index is 12.1. The maximum Gasteiger partial charge on any atom is 0.227 e. The topological polar surface area (TPSA) is 92.3 Å². The number of fused-ring (bicyclic) bond motifs is 1. The molecule has 0 spiro atoms. The molecule has 2 aliphatic heterocycles. The second-order valence-electron chi connectivity index (χ2n) is 6.25. The van der Waals surface area contributed by atoms with Gasteiger partial charge in [0.2, 0.25) is 11.8 Å². The van der Waals surface area contributed by atoms with E-state index in [4.69, 9.17) is 0 Å². The van der Waals surface area contributed by atoms with Crippen molar-refractivity contribution < 1.29 is 18.0 Å². The molecule has 23 heavy (non-hydrogen) atoms. The molecule has 124 valence electrons. The molecular formula is C16H20N2O4S. The molecule has 0 radical (unpaired) electrons. The van der Waals surface area contributed by atoms with E-state index < -0.39 is 9.84 Å². The summed E-state index contributed by atoms with van der Waals surface area (Å²) < 4.78 is 22.8. The van der Waals surface area contributed by atoms with Crippen LogP contribution in [0, 0.1) is 5.92 Å². The summed E-state index contributed by atoms with van der Waals surface area (Å²) in [5.41, 5.74) is 1.92. The monoisotopic (exact) mass is 336 g/mol. The fourth-order valence-corrected chi connectivity index (χ4v) is 4.83. The Morgan fingerprint density at radius 1 is 1.30 bits per heavy atom. The van der Waals surface area contributed by atoms with Crippen molar-refractivity contribution in [2.45, 2.75) is 31.7 Å². The van der Waals surface area contributed by atoms with Gasteiger partial charge in [-0.2, -0.15) is 0 Å². The van der Waals surface area contributed by atoms with Gasteiger partial charge < -0.3 is 10.6 Å². The number of hydrogen-bond acceptors (Lipinski definition) is 4. The third-order valence-corrected chi connectivity index (χ3v) is 6.20. The number of rotatable bonds is 4. The summed E-state index contributed by atoms with van der Waals surface area (Å²) in [6.45, 7) is 0. The predicted octanol–water partition coefficient (Wildman–Crippen LogP) is 0.881. The van der Waals surface area contributed by atoms with Crippen molar-refractivity contribution in [2.75, 3.05) is 16.8 Å². The van der Waals surface area contributed by atoms with Crippen molar-refractivity contribution in [3.8, 4) is 0 Å². The Morgan fingerprint density at radius 3 is 2.83 bits per heavy atom. The van der Waals surface area contributed by atoms with Gasteiger partial charge in [-0.3, -0.25) is 9.59 Å². The van der Waals surface area contributed by atoms with E-state index in [1.807, 2.05) is 24.3 Å². The van der Waals surface area contributed by atoms with Crippen LogP contribution in [0.2, 0.25) is 0 Å². The minimum atomic E-state index is -3.00. The minimum absolute atomic E-state index is 0.0238. The Morgan fingerprint density at radius 2 is 2.09 bits per heavy atom. The predicted molar refractivity (Wildman–Crippen MR) is 86.7 cm³/mol. The smallest absolute Gasteiger partial charge is 0.227 e. The summed E-state index contributed by atoms with van der Waals surface area (Å²) >= 11 is 0. The molecular weight excluding hydrogens is 316 g/mol. The zero-order valence-electron chi connectivity index (χ0n) is 12.7. The first-order valence-corrected chi connectivity index (χ1v) is 9.64. The van der Waals surface area contributed by atoms with Gasteiger partial charge in [-0.25, -0.2) is 8.42 Å². The number of carbonyl (C=O) groups is 2. The molecule has 0 unspecified atom stereocenters. The number of hydrogen-bond donors (Lipinski definition) is 2. The largest absolute Gasteiger partial charge is 0.352 e. The molecule has 2 aliphatic rings. The quantitative estimate of drug-likeness (QED) is 0.854. The second kappa shape index (κ2) is 6.31. The van der Waals surface area contributed by atoms with E-state index in [0.717, 1.165) is 11.3 Å². The van der Waals surface area contributed by atoms with Crippen molar-refractivity contribution in [3.05, 3.63) is 29.8 Å². The molecule has 7 heteroatoms. The zero-order chi connectivity index (χ0) is 16.4. The number of para-hydroxylation sites is 1. The first-order valence-electron chi connectivity index (χ1n) is 7.81. The van der Waals surface area contributed by atoms with E-state index in [-0.39, 0.29) is 41.7 Å². The minimum Gasteiger partial charge on any atom is -0.352 e. The number of benzene rings is 1. The van der Waals surface area contributed by atoms with Gasteiger partial charge in [-0.1, -0.05) is 18.2 Å². The molecule has 0 aromatic heterocycles. The van der Waals surface area contributed by atoms with Crippen LogP contribution in [0.25, 0.3) is 0 Å². The summed E-state index contributed by atoms with van der Waals surface area (Å²) in [6.07, 6.45) is 1.81. The second-order valence-corrected chi connectivity index (χ2v) is 8.48. The van der Waals surface area contributed by atoms with Gasteiger partial charge in [0.25, 0.3) is 0 Å². The average Bonchev–Trinajstić information content (AvgIpc) is 2.84. The summed E-state index contributed by atoms with van der Waals surface area (Å²) in [5.74, 6) is -0.294. The summed E-state index contributed by atoms with van der Waals surface area (Å²) in [6, 6.07) is 7.37. The number of nitrogens with one attached hydrogen (secondary N) is 2. The van der Waals surface area contributed by atoms with E-state index in [0.29, 0.717) is 19.3 Å². The Bertz CT molecular complexity index is 729. The molecule has 3 rings (SSSR count). The van der Waals surface area contributed by atoms with Gasteiger partial charge in [0.05, 0.1) is 11.5 Å². The van der Waals surface area contributed by atoms with E-state index in [1.165, 1.54) is 0 Å². The first-order chi connectivity index (χ1) is 10.9. The molecule has 0 aliphatic carbocycles. The average molecular weight is 336 g/mol.